The van der Waals surface area contributed by atoms with E-state index in [1.807, 2.05) is 31.5 Å². The molecule has 0 aliphatic carbocycles. The molecule has 0 amide bonds. The highest BCUT2D eigenvalue weighted by Gasteiger charge is 2.20. The number of hydrogen-bond acceptors (Lipinski definition) is 2. The normalized spacial score (nSPS) is 12.9. The molecule has 0 aliphatic heterocycles. The lowest BCUT2D eigenvalue weighted by molar-refractivity contribution is -0.138. The number of carbonyl (C=O) groups is 1. The molecule has 1 aromatic carbocycles. The summed E-state index contributed by atoms with van der Waals surface area (Å²) in [6, 6.07) is 3.10. The van der Waals surface area contributed by atoms with Crippen LogP contribution < -0.4 is 5.73 Å². The van der Waals surface area contributed by atoms with E-state index >= 15 is 0 Å². The van der Waals surface area contributed by atoms with Gasteiger partial charge in [-0.3, -0.25) is 4.79 Å². The minimum absolute atomic E-state index is 0.668. The first kappa shape index (κ1) is 11.7. The molecule has 4 heteroatoms. The smallest absolute Gasteiger partial charge is 0.325 e. The number of fused-ring (bicyclic) bond motifs is 1. The van der Waals surface area contributed by atoms with E-state index in [0.29, 0.717) is 5.56 Å². The molecular formula is C13H16N2O2. The van der Waals surface area contributed by atoms with Gasteiger partial charge < -0.3 is 15.4 Å². The molecule has 0 saturated carbocycles. The van der Waals surface area contributed by atoms with Crippen molar-refractivity contribution in [1.29, 1.82) is 0 Å². The summed E-state index contributed by atoms with van der Waals surface area (Å²) in [5.41, 5.74) is 9.66. The fourth-order valence-corrected chi connectivity index (χ4v) is 2.37. The molecule has 0 spiro atoms. The lowest BCUT2D eigenvalue weighted by Crippen LogP contribution is -2.20. The number of hydrogen-bond donors (Lipinski definition) is 2. The fourth-order valence-electron chi connectivity index (χ4n) is 2.37. The van der Waals surface area contributed by atoms with Gasteiger partial charge in [-0.1, -0.05) is 11.6 Å². The zero-order valence-electron chi connectivity index (χ0n) is 10.2. The van der Waals surface area contributed by atoms with E-state index in [9.17, 15) is 4.79 Å². The number of benzene rings is 1. The summed E-state index contributed by atoms with van der Waals surface area (Å²) in [5, 5.41) is 9.94. The van der Waals surface area contributed by atoms with Crippen molar-refractivity contribution in [2.24, 2.45) is 12.8 Å². The predicted molar refractivity (Wildman–Crippen MR) is 67.0 cm³/mol. The number of carboxylic acids is 1. The maximum absolute atomic E-state index is 11.0. The highest BCUT2D eigenvalue weighted by molar-refractivity contribution is 5.91. The maximum atomic E-state index is 11.0. The van der Waals surface area contributed by atoms with E-state index in [-0.39, 0.29) is 0 Å². The first-order chi connectivity index (χ1) is 7.91. The summed E-state index contributed by atoms with van der Waals surface area (Å²) >= 11 is 0. The SMILES string of the molecule is Cc1cc(C)c2c(c1)c(C(N)C(=O)O)cn2C. The first-order valence-corrected chi connectivity index (χ1v) is 5.46. The van der Waals surface area contributed by atoms with Gasteiger partial charge in [0.1, 0.15) is 6.04 Å². The summed E-state index contributed by atoms with van der Waals surface area (Å²) in [6.45, 7) is 4.01. The standard InChI is InChI=1S/C13H16N2O2/c1-7-4-8(2)12-9(5-7)10(6-15(12)3)11(14)13(16)17/h4-6,11H,14H2,1-3H3,(H,16,17). The molecular weight excluding hydrogens is 216 g/mol. The van der Waals surface area contributed by atoms with Gasteiger partial charge in [0.05, 0.1) is 5.52 Å². The van der Waals surface area contributed by atoms with Crippen LogP contribution in [0.5, 0.6) is 0 Å². The summed E-state index contributed by atoms with van der Waals surface area (Å²) in [7, 11) is 1.91. The van der Waals surface area contributed by atoms with Gasteiger partial charge in [0.2, 0.25) is 0 Å². The van der Waals surface area contributed by atoms with Gasteiger partial charge in [-0.25, -0.2) is 0 Å². The second kappa shape index (κ2) is 3.89. The molecule has 1 unspecified atom stereocenters. The van der Waals surface area contributed by atoms with Crippen LogP contribution in [-0.4, -0.2) is 15.6 Å². The molecule has 2 aromatic rings. The minimum atomic E-state index is -1.00. The van der Waals surface area contributed by atoms with Crippen LogP contribution in [-0.2, 0) is 11.8 Å². The van der Waals surface area contributed by atoms with Crippen molar-refractivity contribution < 1.29 is 9.90 Å². The van der Waals surface area contributed by atoms with Crippen molar-refractivity contribution in [2.45, 2.75) is 19.9 Å². The molecule has 0 radical (unpaired) electrons. The Bertz CT molecular complexity index is 599. The molecule has 1 atom stereocenters. The molecule has 2 rings (SSSR count). The van der Waals surface area contributed by atoms with Crippen molar-refractivity contribution in [1.82, 2.24) is 4.57 Å². The van der Waals surface area contributed by atoms with Gasteiger partial charge in [0.15, 0.2) is 0 Å². The van der Waals surface area contributed by atoms with Crippen molar-refractivity contribution in [3.05, 3.63) is 35.0 Å². The third-order valence-corrected chi connectivity index (χ3v) is 3.04. The van der Waals surface area contributed by atoms with Crippen LogP contribution in [0.2, 0.25) is 0 Å². The number of rotatable bonds is 2. The zero-order chi connectivity index (χ0) is 12.7. The van der Waals surface area contributed by atoms with E-state index in [0.717, 1.165) is 22.0 Å². The van der Waals surface area contributed by atoms with Crippen molar-refractivity contribution in [3.63, 3.8) is 0 Å². The Morgan fingerprint density at radius 3 is 2.65 bits per heavy atom. The van der Waals surface area contributed by atoms with Crippen LogP contribution >= 0.6 is 0 Å². The van der Waals surface area contributed by atoms with Crippen molar-refractivity contribution >= 4 is 16.9 Å². The fraction of sp³-hybridized carbons (Fsp3) is 0.308. The van der Waals surface area contributed by atoms with Gasteiger partial charge >= 0.3 is 5.97 Å². The Labute approximate surface area is 99.7 Å². The highest BCUT2D eigenvalue weighted by atomic mass is 16.4. The molecule has 0 fully saturated rings. The van der Waals surface area contributed by atoms with Crippen molar-refractivity contribution in [2.75, 3.05) is 0 Å². The number of nitrogens with zero attached hydrogens (tertiary/aromatic N) is 1. The number of nitrogens with two attached hydrogens (primary N) is 1. The zero-order valence-corrected chi connectivity index (χ0v) is 10.2. The Morgan fingerprint density at radius 2 is 2.06 bits per heavy atom. The average molecular weight is 232 g/mol. The van der Waals surface area contributed by atoms with Crippen LogP contribution in [0.15, 0.2) is 18.3 Å². The van der Waals surface area contributed by atoms with Crippen LogP contribution in [0, 0.1) is 13.8 Å². The second-order valence-corrected chi connectivity index (χ2v) is 4.49. The molecule has 1 heterocycles. The van der Waals surface area contributed by atoms with Crippen LogP contribution in [0.3, 0.4) is 0 Å². The largest absolute Gasteiger partial charge is 0.480 e. The van der Waals surface area contributed by atoms with E-state index < -0.39 is 12.0 Å². The summed E-state index contributed by atoms with van der Waals surface area (Å²) in [5.74, 6) is -1.00. The summed E-state index contributed by atoms with van der Waals surface area (Å²) in [4.78, 5) is 11.0. The monoisotopic (exact) mass is 232 g/mol. The minimum Gasteiger partial charge on any atom is -0.480 e. The van der Waals surface area contributed by atoms with Crippen LogP contribution in [0.1, 0.15) is 22.7 Å². The van der Waals surface area contributed by atoms with Crippen LogP contribution in [0.4, 0.5) is 0 Å². The Balaban J connectivity index is 2.78. The topological polar surface area (TPSA) is 68.2 Å². The molecule has 3 N–H and O–H groups in total. The number of aryl methyl sites for hydroxylation is 3. The molecule has 0 aliphatic rings. The lowest BCUT2D eigenvalue weighted by atomic mass is 10.0. The van der Waals surface area contributed by atoms with Gasteiger partial charge in [-0.2, -0.15) is 0 Å². The third kappa shape index (κ3) is 1.80. The lowest BCUT2D eigenvalue weighted by Gasteiger charge is -2.06. The quantitative estimate of drug-likeness (QED) is 0.830. The molecule has 17 heavy (non-hydrogen) atoms. The summed E-state index contributed by atoms with van der Waals surface area (Å²) in [6.07, 6.45) is 1.80. The Hall–Kier alpha value is -1.81. The van der Waals surface area contributed by atoms with E-state index in [4.69, 9.17) is 10.8 Å². The first-order valence-electron chi connectivity index (χ1n) is 5.46. The van der Waals surface area contributed by atoms with E-state index in [2.05, 4.69) is 6.07 Å². The Kier molecular flexibility index (Phi) is 2.67. The van der Waals surface area contributed by atoms with Crippen LogP contribution in [0.25, 0.3) is 10.9 Å². The van der Waals surface area contributed by atoms with Gasteiger partial charge in [0, 0.05) is 24.2 Å². The maximum Gasteiger partial charge on any atom is 0.325 e. The molecule has 1 aromatic heterocycles. The summed E-state index contributed by atoms with van der Waals surface area (Å²) < 4.78 is 1.93. The van der Waals surface area contributed by atoms with Gasteiger partial charge in [-0.15, -0.1) is 0 Å². The average Bonchev–Trinajstić information content (AvgIpc) is 2.54. The van der Waals surface area contributed by atoms with Gasteiger partial charge in [-0.05, 0) is 25.5 Å². The van der Waals surface area contributed by atoms with Crippen molar-refractivity contribution in [3.8, 4) is 0 Å². The second-order valence-electron chi connectivity index (χ2n) is 4.49. The number of aliphatic carboxylic acids is 1. The number of aromatic nitrogens is 1. The van der Waals surface area contributed by atoms with E-state index in [1.165, 1.54) is 0 Å². The molecule has 90 valence electrons. The third-order valence-electron chi connectivity index (χ3n) is 3.04. The van der Waals surface area contributed by atoms with Gasteiger partial charge in [0.25, 0.3) is 0 Å². The molecule has 0 bridgehead atoms. The Morgan fingerprint density at radius 1 is 1.41 bits per heavy atom. The number of carboxylic acid groups (broad SMARTS) is 1. The predicted octanol–water partition coefficient (Wildman–Crippen LogP) is 1.88. The highest BCUT2D eigenvalue weighted by Crippen LogP contribution is 2.28. The molecule has 4 nitrogen and oxygen atoms in total. The van der Waals surface area contributed by atoms with E-state index in [1.54, 1.807) is 6.20 Å². The molecule has 0 saturated heterocycles.